The Bertz CT molecular complexity index is 396. The normalized spacial score (nSPS) is 10.2. The van der Waals surface area contributed by atoms with Crippen LogP contribution in [0.3, 0.4) is 0 Å². The number of nitrogens with one attached hydrogen (secondary N) is 1. The molecular weight excluding hydrogens is 254 g/mol. The van der Waals surface area contributed by atoms with Crippen molar-refractivity contribution >= 4 is 23.3 Å². The highest BCUT2D eigenvalue weighted by Gasteiger charge is 2.02. The maximum atomic E-state index is 11.0. The zero-order valence-corrected chi connectivity index (χ0v) is 11.4. The number of halogens is 1. The van der Waals surface area contributed by atoms with Crippen molar-refractivity contribution in [1.82, 2.24) is 0 Å². The van der Waals surface area contributed by atoms with E-state index in [1.54, 1.807) is 6.92 Å². The maximum Gasteiger partial charge on any atom is 0.332 e. The lowest BCUT2D eigenvalue weighted by atomic mass is 10.2. The molecule has 0 atom stereocenters. The Labute approximate surface area is 112 Å². The summed E-state index contributed by atoms with van der Waals surface area (Å²) in [6, 6.07) is 5.68. The van der Waals surface area contributed by atoms with Crippen molar-refractivity contribution in [3.05, 3.63) is 28.8 Å². The predicted molar refractivity (Wildman–Crippen MR) is 72.1 cm³/mol. The molecule has 0 aliphatic heterocycles. The quantitative estimate of drug-likeness (QED) is 0.612. The van der Waals surface area contributed by atoms with Gasteiger partial charge < -0.3 is 14.8 Å². The van der Waals surface area contributed by atoms with Crippen LogP contribution in [-0.2, 0) is 14.3 Å². The van der Waals surface area contributed by atoms with Crippen molar-refractivity contribution < 1.29 is 14.3 Å². The molecule has 0 saturated heterocycles. The topological polar surface area (TPSA) is 47.6 Å². The fraction of sp³-hybridized carbons (Fsp3) is 0.462. The van der Waals surface area contributed by atoms with Gasteiger partial charge in [0.2, 0.25) is 0 Å². The third-order valence-electron chi connectivity index (χ3n) is 2.35. The molecule has 0 heterocycles. The Morgan fingerprint density at radius 2 is 2.22 bits per heavy atom. The third kappa shape index (κ3) is 4.94. The fourth-order valence-corrected chi connectivity index (χ4v) is 1.59. The number of ether oxygens (including phenoxy) is 2. The molecule has 5 heteroatoms. The molecule has 0 aliphatic rings. The fourth-order valence-electron chi connectivity index (χ4n) is 1.42. The number of hydrogen-bond donors (Lipinski definition) is 1. The molecule has 0 spiro atoms. The lowest BCUT2D eigenvalue weighted by Crippen LogP contribution is -2.16. The molecule has 18 heavy (non-hydrogen) atoms. The van der Waals surface area contributed by atoms with Crippen molar-refractivity contribution in [2.24, 2.45) is 0 Å². The molecular formula is C13H18ClNO3. The number of hydrogen-bond acceptors (Lipinski definition) is 4. The van der Waals surface area contributed by atoms with Crippen molar-refractivity contribution in [1.29, 1.82) is 0 Å². The SMILES string of the molecule is CCOC(=O)COCCNc1cccc(Cl)c1C. The number of benzene rings is 1. The van der Waals surface area contributed by atoms with E-state index in [1.165, 1.54) is 0 Å². The number of carbonyl (C=O) groups is 1. The third-order valence-corrected chi connectivity index (χ3v) is 2.76. The second-order valence-corrected chi connectivity index (χ2v) is 4.10. The lowest BCUT2D eigenvalue weighted by molar-refractivity contribution is -0.148. The van der Waals surface area contributed by atoms with Gasteiger partial charge >= 0.3 is 5.97 Å². The van der Waals surface area contributed by atoms with Crippen LogP contribution in [0.25, 0.3) is 0 Å². The largest absolute Gasteiger partial charge is 0.464 e. The summed E-state index contributed by atoms with van der Waals surface area (Å²) < 4.78 is 9.91. The van der Waals surface area contributed by atoms with Crippen LogP contribution in [0.5, 0.6) is 0 Å². The summed E-state index contributed by atoms with van der Waals surface area (Å²) in [6.07, 6.45) is 0. The van der Waals surface area contributed by atoms with Crippen LogP contribution in [0.15, 0.2) is 18.2 Å². The van der Waals surface area contributed by atoms with Gasteiger partial charge in [-0.1, -0.05) is 17.7 Å². The molecule has 1 rings (SSSR count). The highest BCUT2D eigenvalue weighted by atomic mass is 35.5. The number of rotatable bonds is 7. The summed E-state index contributed by atoms with van der Waals surface area (Å²) >= 11 is 6.00. The molecule has 1 N–H and O–H groups in total. The van der Waals surface area contributed by atoms with Gasteiger partial charge in [0, 0.05) is 17.3 Å². The number of anilines is 1. The van der Waals surface area contributed by atoms with E-state index >= 15 is 0 Å². The maximum absolute atomic E-state index is 11.0. The molecule has 0 saturated carbocycles. The molecule has 0 aromatic heterocycles. The minimum absolute atomic E-state index is 0.00987. The first-order valence-corrected chi connectivity index (χ1v) is 6.25. The van der Waals surface area contributed by atoms with Crippen molar-refractivity contribution in [3.8, 4) is 0 Å². The zero-order chi connectivity index (χ0) is 13.4. The molecule has 0 radical (unpaired) electrons. The molecule has 1 aromatic rings. The van der Waals surface area contributed by atoms with Crippen LogP contribution >= 0.6 is 11.6 Å². The Morgan fingerprint density at radius 3 is 2.94 bits per heavy atom. The average molecular weight is 272 g/mol. The van der Waals surface area contributed by atoms with Crippen molar-refractivity contribution in [3.63, 3.8) is 0 Å². The van der Waals surface area contributed by atoms with Gasteiger partial charge in [0.1, 0.15) is 6.61 Å². The van der Waals surface area contributed by atoms with E-state index < -0.39 is 0 Å². The summed E-state index contributed by atoms with van der Waals surface area (Å²) in [6.45, 7) is 5.13. The van der Waals surface area contributed by atoms with Crippen molar-refractivity contribution in [2.75, 3.05) is 31.7 Å². The van der Waals surface area contributed by atoms with E-state index in [2.05, 4.69) is 5.32 Å². The minimum atomic E-state index is -0.337. The molecule has 4 nitrogen and oxygen atoms in total. The van der Waals surface area contributed by atoms with E-state index in [0.29, 0.717) is 19.8 Å². The van der Waals surface area contributed by atoms with Crippen LogP contribution in [0.2, 0.25) is 5.02 Å². The Balaban J connectivity index is 2.22. The van der Waals surface area contributed by atoms with Gasteiger partial charge in [-0.05, 0) is 31.5 Å². The standard InChI is InChI=1S/C13H18ClNO3/c1-3-18-13(16)9-17-8-7-15-12-6-4-5-11(14)10(12)2/h4-6,15H,3,7-9H2,1-2H3. The van der Waals surface area contributed by atoms with Crippen LogP contribution in [0.1, 0.15) is 12.5 Å². The second kappa shape index (κ2) is 7.95. The Hall–Kier alpha value is -1.26. The van der Waals surface area contributed by atoms with E-state index in [1.807, 2.05) is 25.1 Å². The molecule has 0 fully saturated rings. The summed E-state index contributed by atoms with van der Waals surface area (Å²) in [5.41, 5.74) is 1.98. The molecule has 0 aliphatic carbocycles. The monoisotopic (exact) mass is 271 g/mol. The van der Waals surface area contributed by atoms with Gasteiger partial charge in [0.05, 0.1) is 13.2 Å². The first-order valence-electron chi connectivity index (χ1n) is 5.87. The minimum Gasteiger partial charge on any atom is -0.464 e. The van der Waals surface area contributed by atoms with Crippen LogP contribution < -0.4 is 5.32 Å². The van der Waals surface area contributed by atoms with Gasteiger partial charge in [-0.3, -0.25) is 0 Å². The van der Waals surface area contributed by atoms with Crippen LogP contribution in [0.4, 0.5) is 5.69 Å². The Morgan fingerprint density at radius 1 is 1.44 bits per heavy atom. The van der Waals surface area contributed by atoms with Gasteiger partial charge in [-0.25, -0.2) is 4.79 Å². The summed E-state index contributed by atoms with van der Waals surface area (Å²) in [5.74, 6) is -0.337. The lowest BCUT2D eigenvalue weighted by Gasteiger charge is -2.10. The molecule has 0 amide bonds. The summed E-state index contributed by atoms with van der Waals surface area (Å²) in [4.78, 5) is 11.0. The predicted octanol–water partition coefficient (Wildman–Crippen LogP) is 2.64. The molecule has 0 unspecified atom stereocenters. The van der Waals surface area contributed by atoms with Gasteiger partial charge in [-0.2, -0.15) is 0 Å². The molecule has 0 bridgehead atoms. The highest BCUT2D eigenvalue weighted by Crippen LogP contribution is 2.22. The van der Waals surface area contributed by atoms with E-state index in [9.17, 15) is 4.79 Å². The molecule has 100 valence electrons. The molecule has 1 aromatic carbocycles. The van der Waals surface area contributed by atoms with Gasteiger partial charge in [0.15, 0.2) is 0 Å². The zero-order valence-electron chi connectivity index (χ0n) is 10.7. The van der Waals surface area contributed by atoms with Crippen LogP contribution in [-0.4, -0.2) is 32.3 Å². The number of esters is 1. The van der Waals surface area contributed by atoms with E-state index in [-0.39, 0.29) is 12.6 Å². The average Bonchev–Trinajstić information content (AvgIpc) is 2.34. The summed E-state index contributed by atoms with van der Waals surface area (Å²) in [7, 11) is 0. The smallest absolute Gasteiger partial charge is 0.332 e. The number of carbonyl (C=O) groups excluding carboxylic acids is 1. The summed E-state index contributed by atoms with van der Waals surface area (Å²) in [5, 5.41) is 3.93. The van der Waals surface area contributed by atoms with Gasteiger partial charge in [-0.15, -0.1) is 0 Å². The van der Waals surface area contributed by atoms with E-state index in [0.717, 1.165) is 16.3 Å². The highest BCUT2D eigenvalue weighted by molar-refractivity contribution is 6.31. The van der Waals surface area contributed by atoms with Crippen molar-refractivity contribution in [2.45, 2.75) is 13.8 Å². The Kier molecular flexibility index (Phi) is 6.54. The van der Waals surface area contributed by atoms with Gasteiger partial charge in [0.25, 0.3) is 0 Å². The van der Waals surface area contributed by atoms with Crippen LogP contribution in [0, 0.1) is 6.92 Å². The van der Waals surface area contributed by atoms with E-state index in [4.69, 9.17) is 21.1 Å². The first-order chi connectivity index (χ1) is 8.65. The first kappa shape index (κ1) is 14.8. The second-order valence-electron chi connectivity index (χ2n) is 3.70.